The molecule has 1 heterocycles. The molecule has 1 aliphatic heterocycles. The molecule has 1 aromatic carbocycles. The molecule has 2 rings (SSSR count). The highest BCUT2D eigenvalue weighted by molar-refractivity contribution is 6.03. The van der Waals surface area contributed by atoms with Crippen molar-refractivity contribution in [3.8, 4) is 0 Å². The third-order valence-corrected chi connectivity index (χ3v) is 18.7. The number of benzene rings is 1. The zero-order valence-corrected chi connectivity index (χ0v) is 63.4. The van der Waals surface area contributed by atoms with E-state index in [1.807, 2.05) is 6.92 Å². The molecule has 17 atom stereocenters. The quantitative estimate of drug-likeness (QED) is 0.0385. The monoisotopic (exact) mass is 1430 g/mol. The van der Waals surface area contributed by atoms with Crippen LogP contribution in [0.1, 0.15) is 134 Å². The van der Waals surface area contributed by atoms with Gasteiger partial charge in [-0.15, -0.1) is 0 Å². The molecule has 0 aromatic heterocycles. The smallest absolute Gasteiger partial charge is 0.337 e. The van der Waals surface area contributed by atoms with Crippen LogP contribution in [0.4, 0.5) is 5.69 Å². The second kappa shape index (κ2) is 38.7. The van der Waals surface area contributed by atoms with Gasteiger partial charge in [0.05, 0.1) is 42.7 Å². The number of aromatic carboxylic acids is 1. The van der Waals surface area contributed by atoms with Gasteiger partial charge in [-0.25, -0.2) is 4.79 Å². The number of hydrogen-bond donors (Lipinski definition) is 11. The van der Waals surface area contributed by atoms with Crippen LogP contribution in [0.3, 0.4) is 0 Å². The first-order valence-electron chi connectivity index (χ1n) is 34.4. The molecule has 1 aromatic rings. The molecule has 11 amide bonds. The van der Waals surface area contributed by atoms with Crippen molar-refractivity contribution < 1.29 is 97.6 Å². The Morgan fingerprint density at radius 1 is 0.525 bits per heavy atom. The molecule has 32 nitrogen and oxygen atoms in total. The molecule has 0 spiro atoms. The largest absolute Gasteiger partial charge is 0.478 e. The molecular weight excluding hydrogens is 1320 g/mol. The number of carboxylic acids is 1. The number of nitrogens with two attached hydrogens (primary N) is 1. The Hall–Kier alpha value is -7.46. The molecule has 0 aliphatic carbocycles. The summed E-state index contributed by atoms with van der Waals surface area (Å²) in [6.45, 7) is 24.9. The van der Waals surface area contributed by atoms with Gasteiger partial charge < -0.3 is 101 Å². The molecule has 1 aliphatic rings. The van der Waals surface area contributed by atoms with Crippen LogP contribution in [-0.4, -0.2) is 302 Å². The Kier molecular flexibility index (Phi) is 34.3. The van der Waals surface area contributed by atoms with E-state index >= 15 is 19.2 Å². The molecule has 0 radical (unpaired) electrons. The number of likely N-dealkylation sites (N-methyl/N-ethyl adjacent to an activating group) is 7. The fourth-order valence-corrected chi connectivity index (χ4v) is 12.8. The summed E-state index contributed by atoms with van der Waals surface area (Å²) < 4.78 is 11.7. The maximum absolute atomic E-state index is 15.2. The zero-order chi connectivity index (χ0) is 78.2. The van der Waals surface area contributed by atoms with Crippen LogP contribution in [0.25, 0.3) is 0 Å². The predicted molar refractivity (Wildman–Crippen MR) is 373 cm³/mol. The van der Waals surface area contributed by atoms with Crippen LogP contribution in [-0.2, 0) is 62.2 Å². The lowest BCUT2D eigenvalue weighted by Gasteiger charge is -2.42. The number of nitrogens with one attached hydrogen (secondary N) is 4. The number of hydrogen-bond acceptors (Lipinski definition) is 20. The van der Waals surface area contributed by atoms with Crippen molar-refractivity contribution in [2.45, 2.75) is 221 Å². The van der Waals surface area contributed by atoms with Crippen molar-refractivity contribution in [1.29, 1.82) is 0 Å². The summed E-state index contributed by atoms with van der Waals surface area (Å²) in [6, 6.07) is -8.03. The van der Waals surface area contributed by atoms with Crippen LogP contribution in [0.2, 0.25) is 0 Å². The fourth-order valence-electron chi connectivity index (χ4n) is 12.8. The maximum Gasteiger partial charge on any atom is 0.337 e. The zero-order valence-electron chi connectivity index (χ0n) is 63.4. The third kappa shape index (κ3) is 21.8. The SMILES string of the molecule is CCC(C)[C@H](NC(=O)[C@H](C(C)C)N(C)C(=O)[C@H](C(C)C)N(C)C(=O)C(C(C)C)N(C)C(=O)[C@@H](NC(=O)[C@H](C(C)C)N(C)C(=O)[C@H]([C@H](C)O[C@]1(CO)O[C@H](CO)[C@@H](O)[C@@H]1O)N(C)C(=O)[C@@H](NC(=O)[C@H](C)N)[C@H](C)O)C(C)C)C(=O)N(C)[C@H](C(=O)N(C)CC(=O)Nc1ccccc1C(=O)O)C(C)C. The molecular formula is C69H118N12O20. The van der Waals surface area contributed by atoms with Crippen LogP contribution in [0, 0.1) is 41.4 Å². The number of rotatable bonds is 37. The molecule has 32 heteroatoms. The van der Waals surface area contributed by atoms with E-state index in [4.69, 9.17) is 15.2 Å². The van der Waals surface area contributed by atoms with Crippen LogP contribution in [0.15, 0.2) is 24.3 Å². The summed E-state index contributed by atoms with van der Waals surface area (Å²) in [7, 11) is 9.30. The molecule has 574 valence electrons. The summed E-state index contributed by atoms with van der Waals surface area (Å²) in [5.41, 5.74) is 5.63. The number of amides is 11. The first-order valence-corrected chi connectivity index (χ1v) is 34.4. The highest BCUT2D eigenvalue weighted by Gasteiger charge is 2.57. The Bertz CT molecular complexity index is 3040. The number of para-hydroxylation sites is 1. The standard InChI is InChI=1S/C69H118N12O20/c1-25-39(14)48(62(92)78(21)52(36(8)9)64(94)75(18)30-46(85)71-44-29-27-26-28-43(44)68(98)99)73-60(90)51(35(6)7)76(19)65(95)54(38(12)13)80(23)66(96)53(37(10)11)79(22)61(91)47(33(2)3)72-59(89)50(34(4)5)77(20)67(97)55(81(24)63(93)49(41(16)84)74-58(88)40(15)70)42(17)100-69(32-83)57(87)56(86)45(31-82)101-69/h26-29,33-42,45,47-57,82-84,86-87H,25,30-32,70H2,1-24H3,(H,71,85)(H,72,89)(H,73,90)(H,74,88)(H,98,99)/t39?,40-,41-,42-,45+,47-,48-,49-,50-,51-,52-,53?,54-,55-,56+,57-,69+/m0/s1. The number of carbonyl (C=O) groups is 12. The lowest BCUT2D eigenvalue weighted by atomic mass is 9.93. The van der Waals surface area contributed by atoms with Gasteiger partial charge in [0.1, 0.15) is 79.3 Å². The van der Waals surface area contributed by atoms with Gasteiger partial charge in [-0.3, -0.25) is 52.7 Å². The van der Waals surface area contributed by atoms with Crippen molar-refractivity contribution in [3.63, 3.8) is 0 Å². The van der Waals surface area contributed by atoms with Crippen molar-refractivity contribution in [1.82, 2.24) is 50.2 Å². The Labute approximate surface area is 594 Å². The van der Waals surface area contributed by atoms with E-state index in [1.54, 1.807) is 96.1 Å². The number of anilines is 1. The second-order valence-corrected chi connectivity index (χ2v) is 28.9. The van der Waals surface area contributed by atoms with Crippen LogP contribution >= 0.6 is 0 Å². The average Bonchev–Trinajstić information content (AvgIpc) is 1.68. The summed E-state index contributed by atoms with van der Waals surface area (Å²) in [5.74, 6) is -16.7. The number of carbonyl (C=O) groups excluding carboxylic acids is 11. The van der Waals surface area contributed by atoms with E-state index < -0.39 is 229 Å². The fraction of sp³-hybridized carbons (Fsp3) is 0.739. The Morgan fingerprint density at radius 2 is 0.901 bits per heavy atom. The number of carboxylic acid groups (broad SMARTS) is 1. The van der Waals surface area contributed by atoms with E-state index in [0.717, 1.165) is 26.6 Å². The predicted octanol–water partition coefficient (Wildman–Crippen LogP) is -0.885. The molecule has 2 unspecified atom stereocenters. The first kappa shape index (κ1) is 89.6. The van der Waals surface area contributed by atoms with E-state index in [-0.39, 0.29) is 11.3 Å². The summed E-state index contributed by atoms with van der Waals surface area (Å²) in [5, 5.41) is 73.2. The minimum absolute atomic E-state index is 0.0232. The second-order valence-electron chi connectivity index (χ2n) is 28.9. The molecule has 1 fully saturated rings. The number of ether oxygens (including phenoxy) is 2. The number of aliphatic hydroxyl groups is 5. The number of nitrogens with zero attached hydrogens (tertiary/aromatic N) is 7. The highest BCUT2D eigenvalue weighted by atomic mass is 16.7. The topological polar surface area (TPSA) is 441 Å². The normalized spacial score (nSPS) is 20.0. The molecule has 0 bridgehead atoms. The van der Waals surface area contributed by atoms with E-state index in [0.29, 0.717) is 6.42 Å². The summed E-state index contributed by atoms with van der Waals surface area (Å²) in [4.78, 5) is 179. The van der Waals surface area contributed by atoms with E-state index in [9.17, 15) is 69.0 Å². The van der Waals surface area contributed by atoms with Gasteiger partial charge in [0.15, 0.2) is 0 Å². The first-order chi connectivity index (χ1) is 46.6. The van der Waals surface area contributed by atoms with Crippen molar-refractivity contribution in [2.75, 3.05) is 74.4 Å². The minimum atomic E-state index is -2.49. The lowest BCUT2D eigenvalue weighted by molar-refractivity contribution is -0.296. The van der Waals surface area contributed by atoms with Crippen molar-refractivity contribution in [3.05, 3.63) is 29.8 Å². The van der Waals surface area contributed by atoms with Gasteiger partial charge in [0.25, 0.3) is 0 Å². The van der Waals surface area contributed by atoms with Crippen LogP contribution in [0.5, 0.6) is 0 Å². The molecule has 12 N–H and O–H groups in total. The van der Waals surface area contributed by atoms with Gasteiger partial charge in [0.2, 0.25) is 70.8 Å². The molecule has 1 saturated heterocycles. The lowest BCUT2D eigenvalue weighted by Crippen LogP contribution is -2.65. The molecule has 101 heavy (non-hydrogen) atoms. The van der Waals surface area contributed by atoms with Gasteiger partial charge in [-0.2, -0.15) is 0 Å². The third-order valence-electron chi connectivity index (χ3n) is 18.7. The highest BCUT2D eigenvalue weighted by Crippen LogP contribution is 2.35. The molecule has 0 saturated carbocycles. The average molecular weight is 1440 g/mol. The van der Waals surface area contributed by atoms with Gasteiger partial charge in [-0.1, -0.05) is 115 Å². The van der Waals surface area contributed by atoms with Gasteiger partial charge >= 0.3 is 5.97 Å². The van der Waals surface area contributed by atoms with E-state index in [1.165, 1.54) is 96.0 Å². The summed E-state index contributed by atoms with van der Waals surface area (Å²) in [6.07, 6.45) is -8.14. The number of aliphatic hydroxyl groups excluding tert-OH is 5. The van der Waals surface area contributed by atoms with Gasteiger partial charge in [-0.05, 0) is 74.3 Å². The Morgan fingerprint density at radius 3 is 1.29 bits per heavy atom. The van der Waals surface area contributed by atoms with Crippen molar-refractivity contribution in [2.24, 2.45) is 47.2 Å². The van der Waals surface area contributed by atoms with Crippen LogP contribution < -0.4 is 27.0 Å². The van der Waals surface area contributed by atoms with Crippen molar-refractivity contribution >= 4 is 76.6 Å². The minimum Gasteiger partial charge on any atom is -0.478 e. The van der Waals surface area contributed by atoms with E-state index in [2.05, 4.69) is 21.3 Å². The summed E-state index contributed by atoms with van der Waals surface area (Å²) >= 11 is 0. The van der Waals surface area contributed by atoms with Gasteiger partial charge in [0, 0.05) is 49.3 Å². The Balaban J connectivity index is 2.59. The maximum atomic E-state index is 15.2.